The Balaban J connectivity index is 1.91. The summed E-state index contributed by atoms with van der Waals surface area (Å²) in [5.41, 5.74) is 5.27. The Morgan fingerprint density at radius 3 is 2.29 bits per heavy atom. The first-order valence-corrected chi connectivity index (χ1v) is 9.67. The number of rotatable bonds is 7. The van der Waals surface area contributed by atoms with Crippen LogP contribution in [0.25, 0.3) is 11.3 Å². The largest absolute Gasteiger partial charge is 0.496 e. The van der Waals surface area contributed by atoms with E-state index in [1.165, 1.54) is 23.3 Å². The lowest BCUT2D eigenvalue weighted by Crippen LogP contribution is -2.03. The molecule has 0 saturated heterocycles. The van der Waals surface area contributed by atoms with Crippen LogP contribution in [0.15, 0.2) is 48.7 Å². The highest BCUT2D eigenvalue weighted by Crippen LogP contribution is 2.32. The number of hydrogen-bond donors (Lipinski definition) is 0. The molecule has 0 radical (unpaired) electrons. The van der Waals surface area contributed by atoms with Crippen molar-refractivity contribution >= 4 is 11.6 Å². The number of nitrogens with zero attached hydrogens (tertiary/aromatic N) is 1. The lowest BCUT2D eigenvalue weighted by Gasteiger charge is -2.15. The van der Waals surface area contributed by atoms with Crippen LogP contribution in [0, 0.1) is 5.82 Å². The molecule has 0 saturated carbocycles. The molecule has 1 heterocycles. The van der Waals surface area contributed by atoms with Crippen LogP contribution in [0.5, 0.6) is 11.5 Å². The summed E-state index contributed by atoms with van der Waals surface area (Å²) in [4.78, 5) is 4.65. The Labute approximate surface area is 170 Å². The van der Waals surface area contributed by atoms with E-state index in [4.69, 9.17) is 21.1 Å². The van der Waals surface area contributed by atoms with Gasteiger partial charge in [0.1, 0.15) is 12.4 Å². The number of pyridine rings is 1. The smallest absolute Gasteiger partial charge is 0.166 e. The van der Waals surface area contributed by atoms with E-state index in [1.54, 1.807) is 19.4 Å². The topological polar surface area (TPSA) is 31.4 Å². The fraction of sp³-hybridized carbons (Fsp3) is 0.261. The first-order valence-electron chi connectivity index (χ1n) is 9.29. The Kier molecular flexibility index (Phi) is 6.53. The molecule has 3 nitrogen and oxygen atoms in total. The number of ether oxygens (including phenoxy) is 2. The molecule has 1 aromatic heterocycles. The molecule has 0 unspecified atom stereocenters. The molecule has 3 aromatic rings. The van der Waals surface area contributed by atoms with E-state index < -0.39 is 5.82 Å². The van der Waals surface area contributed by atoms with E-state index >= 15 is 0 Å². The normalized spacial score (nSPS) is 10.8. The number of halogens is 2. The highest BCUT2D eigenvalue weighted by Gasteiger charge is 2.14. The summed E-state index contributed by atoms with van der Waals surface area (Å²) >= 11 is 5.78. The third-order valence-electron chi connectivity index (χ3n) is 4.70. The third-order valence-corrected chi connectivity index (χ3v) is 4.93. The molecule has 0 N–H and O–H groups in total. The van der Waals surface area contributed by atoms with E-state index in [2.05, 4.69) is 37.0 Å². The van der Waals surface area contributed by atoms with Crippen molar-refractivity contribution in [3.05, 3.63) is 76.2 Å². The fourth-order valence-electron chi connectivity index (χ4n) is 3.22. The van der Waals surface area contributed by atoms with Gasteiger partial charge in [-0.3, -0.25) is 4.98 Å². The molecule has 0 amide bonds. The average molecular weight is 400 g/mol. The maximum Gasteiger partial charge on any atom is 0.166 e. The van der Waals surface area contributed by atoms with E-state index in [-0.39, 0.29) is 12.4 Å². The summed E-state index contributed by atoms with van der Waals surface area (Å²) in [6.45, 7) is 4.42. The van der Waals surface area contributed by atoms with Gasteiger partial charge in [0.15, 0.2) is 11.6 Å². The first-order chi connectivity index (χ1) is 13.6. The molecule has 28 heavy (non-hydrogen) atoms. The van der Waals surface area contributed by atoms with Crippen molar-refractivity contribution in [1.29, 1.82) is 0 Å². The summed E-state index contributed by atoms with van der Waals surface area (Å²) in [6.07, 6.45) is 3.58. The van der Waals surface area contributed by atoms with Gasteiger partial charge >= 0.3 is 0 Å². The molecule has 2 aromatic carbocycles. The standard InChI is InChI=1S/C23H23ClFNO2/c1-4-15-7-6-8-16(5-2)23(15)20-12-22(27-3)17(13-26-20)14-28-21-10-9-18(24)11-19(21)25/h6-13H,4-5,14H2,1-3H3. The second-order valence-electron chi connectivity index (χ2n) is 6.40. The van der Waals surface area contributed by atoms with E-state index in [1.807, 2.05) is 6.07 Å². The van der Waals surface area contributed by atoms with Crippen LogP contribution in [0.1, 0.15) is 30.5 Å². The Morgan fingerprint density at radius 2 is 1.68 bits per heavy atom. The van der Waals surface area contributed by atoms with Gasteiger partial charge in [-0.05, 0) is 42.2 Å². The summed E-state index contributed by atoms with van der Waals surface area (Å²) in [5.74, 6) is 0.299. The molecule has 0 aliphatic heterocycles. The number of benzene rings is 2. The van der Waals surface area contributed by atoms with Crippen LogP contribution in [0.3, 0.4) is 0 Å². The van der Waals surface area contributed by atoms with Gasteiger partial charge < -0.3 is 9.47 Å². The van der Waals surface area contributed by atoms with Crippen LogP contribution in [-0.4, -0.2) is 12.1 Å². The van der Waals surface area contributed by atoms with Gasteiger partial charge in [0, 0.05) is 28.4 Å². The zero-order valence-corrected chi connectivity index (χ0v) is 17.0. The summed E-state index contributed by atoms with van der Waals surface area (Å²) < 4.78 is 25.1. The maximum absolute atomic E-state index is 13.9. The predicted molar refractivity (Wildman–Crippen MR) is 111 cm³/mol. The highest BCUT2D eigenvalue weighted by molar-refractivity contribution is 6.30. The maximum atomic E-state index is 13.9. The van der Waals surface area contributed by atoms with Gasteiger partial charge in [0.2, 0.25) is 0 Å². The molecule has 5 heteroatoms. The lowest BCUT2D eigenvalue weighted by molar-refractivity contribution is 0.282. The summed E-state index contributed by atoms with van der Waals surface area (Å²) in [6, 6.07) is 12.6. The SMILES string of the molecule is CCc1cccc(CC)c1-c1cc(OC)c(COc2ccc(Cl)cc2F)cn1. The Hall–Kier alpha value is -2.59. The van der Waals surface area contributed by atoms with Crippen LogP contribution in [0.2, 0.25) is 5.02 Å². The van der Waals surface area contributed by atoms with Crippen molar-refractivity contribution < 1.29 is 13.9 Å². The van der Waals surface area contributed by atoms with Crippen LogP contribution < -0.4 is 9.47 Å². The Morgan fingerprint density at radius 1 is 0.964 bits per heavy atom. The van der Waals surface area contributed by atoms with E-state index in [0.29, 0.717) is 10.8 Å². The molecule has 0 fully saturated rings. The zero-order chi connectivity index (χ0) is 20.1. The summed E-state index contributed by atoms with van der Waals surface area (Å²) in [5, 5.41) is 0.328. The minimum absolute atomic E-state index is 0.139. The van der Waals surface area contributed by atoms with Gasteiger partial charge in [0.05, 0.1) is 12.8 Å². The predicted octanol–water partition coefficient (Wildman–Crippen LogP) is 6.25. The highest BCUT2D eigenvalue weighted by atomic mass is 35.5. The number of methoxy groups -OCH3 is 1. The first kappa shape index (κ1) is 20.2. The minimum Gasteiger partial charge on any atom is -0.496 e. The molecule has 0 atom stereocenters. The molecule has 0 aliphatic carbocycles. The van der Waals surface area contributed by atoms with Crippen LogP contribution in [-0.2, 0) is 19.4 Å². The molecule has 0 aliphatic rings. The van der Waals surface area contributed by atoms with Gasteiger partial charge in [-0.25, -0.2) is 4.39 Å². The van der Waals surface area contributed by atoms with Gasteiger partial charge in [-0.1, -0.05) is 43.6 Å². The van der Waals surface area contributed by atoms with Crippen LogP contribution in [0.4, 0.5) is 4.39 Å². The monoisotopic (exact) mass is 399 g/mol. The average Bonchev–Trinajstić information content (AvgIpc) is 2.72. The molecule has 3 rings (SSSR count). The van der Waals surface area contributed by atoms with Gasteiger partial charge in [0.25, 0.3) is 0 Å². The minimum atomic E-state index is -0.500. The second-order valence-corrected chi connectivity index (χ2v) is 6.84. The van der Waals surface area contributed by atoms with Crippen molar-refractivity contribution in [3.63, 3.8) is 0 Å². The van der Waals surface area contributed by atoms with E-state index in [0.717, 1.165) is 29.7 Å². The second kappa shape index (κ2) is 9.07. The van der Waals surface area contributed by atoms with Crippen molar-refractivity contribution in [3.8, 4) is 22.8 Å². The van der Waals surface area contributed by atoms with Gasteiger partial charge in [-0.2, -0.15) is 0 Å². The van der Waals surface area contributed by atoms with Gasteiger partial charge in [-0.15, -0.1) is 0 Å². The molecule has 146 valence electrons. The van der Waals surface area contributed by atoms with Crippen molar-refractivity contribution in [2.24, 2.45) is 0 Å². The van der Waals surface area contributed by atoms with Crippen molar-refractivity contribution in [1.82, 2.24) is 4.98 Å². The number of aryl methyl sites for hydroxylation is 2. The lowest BCUT2D eigenvalue weighted by atomic mass is 9.94. The molecule has 0 spiro atoms. The number of hydrogen-bond acceptors (Lipinski definition) is 3. The van der Waals surface area contributed by atoms with E-state index in [9.17, 15) is 4.39 Å². The Bertz CT molecular complexity index is 953. The third kappa shape index (κ3) is 4.28. The fourth-order valence-corrected chi connectivity index (χ4v) is 3.38. The van der Waals surface area contributed by atoms with Crippen LogP contribution >= 0.6 is 11.6 Å². The molecular weight excluding hydrogens is 377 g/mol. The molecular formula is C23H23ClFNO2. The van der Waals surface area contributed by atoms with Crippen molar-refractivity contribution in [2.75, 3.05) is 7.11 Å². The quantitative estimate of drug-likeness (QED) is 0.470. The van der Waals surface area contributed by atoms with Crippen molar-refractivity contribution in [2.45, 2.75) is 33.3 Å². The number of aromatic nitrogens is 1. The summed E-state index contributed by atoms with van der Waals surface area (Å²) in [7, 11) is 1.61. The zero-order valence-electron chi connectivity index (χ0n) is 16.3. The molecule has 0 bridgehead atoms.